The van der Waals surface area contributed by atoms with Gasteiger partial charge in [0.2, 0.25) is 5.91 Å². The lowest BCUT2D eigenvalue weighted by Gasteiger charge is -2.21. The van der Waals surface area contributed by atoms with Crippen LogP contribution >= 0.6 is 11.6 Å². The predicted octanol–water partition coefficient (Wildman–Crippen LogP) is 4.87. The Balaban J connectivity index is 1.80. The molecule has 0 aliphatic heterocycles. The maximum Gasteiger partial charge on any atom is 0.436 e. The van der Waals surface area contributed by atoms with Crippen LogP contribution in [-0.4, -0.2) is 45.5 Å². The van der Waals surface area contributed by atoms with Gasteiger partial charge in [-0.15, -0.1) is 5.10 Å². The van der Waals surface area contributed by atoms with Crippen LogP contribution in [0.4, 0.5) is 23.2 Å². The first kappa shape index (κ1) is 26.2. The first-order valence-electron chi connectivity index (χ1n) is 13.6. The number of alkyl halides is 3. The number of carbonyl (C=O) groups excluding carboxylic acids is 2. The molecule has 2 aromatic carbocycles. The SMILES string of the molecule is [2H]C([2H])([2H])Oc1cn([C@@H](CC)C(=O)Nc2ccc(C(=O)NC)c(F)c2)c(=O)cc1-c1cc(Cl)ccc1-n1cc(C(F)(F)F)nn1. The molecule has 0 spiro atoms. The summed E-state index contributed by atoms with van der Waals surface area (Å²) in [6.07, 6.45) is -3.24. The average Bonchev–Trinajstić information content (AvgIpc) is 3.45. The van der Waals surface area contributed by atoms with Crippen molar-refractivity contribution in [1.82, 2.24) is 24.9 Å². The monoisotopic (exact) mass is 609 g/mol. The quantitative estimate of drug-likeness (QED) is 0.275. The number of pyridine rings is 1. The molecule has 2 amide bonds. The number of methoxy groups -OCH3 is 1. The smallest absolute Gasteiger partial charge is 0.436 e. The average molecular weight is 610 g/mol. The summed E-state index contributed by atoms with van der Waals surface area (Å²) in [7, 11) is -1.75. The van der Waals surface area contributed by atoms with Gasteiger partial charge in [0.05, 0.1) is 34.8 Å². The van der Waals surface area contributed by atoms with E-state index in [1.54, 1.807) is 6.92 Å². The van der Waals surface area contributed by atoms with Crippen LogP contribution in [0.15, 0.2) is 59.7 Å². The maximum absolute atomic E-state index is 14.5. The number of nitrogens with one attached hydrogen (secondary N) is 2. The van der Waals surface area contributed by atoms with E-state index < -0.39 is 53.9 Å². The normalized spacial score (nSPS) is 13.5. The lowest BCUT2D eigenvalue weighted by atomic mass is 10.0. The van der Waals surface area contributed by atoms with Crippen molar-refractivity contribution in [3.8, 4) is 22.6 Å². The molecular weight excluding hydrogens is 584 g/mol. The largest absolute Gasteiger partial charge is 0.495 e. The molecule has 0 saturated carbocycles. The second kappa shape index (κ2) is 12.0. The summed E-state index contributed by atoms with van der Waals surface area (Å²) in [6.45, 7) is 1.56. The zero-order chi connectivity index (χ0) is 33.3. The minimum absolute atomic E-state index is 0.00130. The van der Waals surface area contributed by atoms with Crippen LogP contribution in [0.3, 0.4) is 0 Å². The van der Waals surface area contributed by atoms with Crippen molar-refractivity contribution in [3.63, 3.8) is 0 Å². The number of anilines is 1. The van der Waals surface area contributed by atoms with Gasteiger partial charge in [-0.2, -0.15) is 13.2 Å². The maximum atomic E-state index is 14.5. The van der Waals surface area contributed by atoms with Crippen LogP contribution in [0.5, 0.6) is 5.75 Å². The van der Waals surface area contributed by atoms with Crippen molar-refractivity contribution in [1.29, 1.82) is 0 Å². The lowest BCUT2D eigenvalue weighted by Crippen LogP contribution is -2.32. The van der Waals surface area contributed by atoms with Gasteiger partial charge in [0, 0.05) is 35.0 Å². The molecule has 10 nitrogen and oxygen atoms in total. The number of hydrogen-bond donors (Lipinski definition) is 2. The van der Waals surface area contributed by atoms with Gasteiger partial charge in [0.25, 0.3) is 11.5 Å². The fourth-order valence-corrected chi connectivity index (χ4v) is 4.32. The summed E-state index contributed by atoms with van der Waals surface area (Å²) in [4.78, 5) is 38.5. The van der Waals surface area contributed by atoms with Crippen LogP contribution < -0.4 is 20.9 Å². The molecule has 4 aromatic rings. The van der Waals surface area contributed by atoms with Gasteiger partial charge in [0.1, 0.15) is 17.6 Å². The Hall–Kier alpha value is -4.72. The standard InChI is InChI=1S/C27H23ClF4N6O4/c1-4-20(26(41)34-15-6-7-16(19(29)10-15)25(40)33-2)37-12-22(42-3)18(11-24(37)39)17-9-14(28)5-8-21(17)38-13-23(35-36-38)27(30,31)32/h5-13,20H,4H2,1-3H3,(H,33,40)(H,34,41)/t20-/m0/s1/i3D3. The number of aromatic nitrogens is 4. The summed E-state index contributed by atoms with van der Waals surface area (Å²) in [5.41, 5.74) is -2.69. The molecule has 2 aromatic heterocycles. The van der Waals surface area contributed by atoms with Crippen molar-refractivity contribution in [2.75, 3.05) is 19.4 Å². The lowest BCUT2D eigenvalue weighted by molar-refractivity contribution is -0.141. The van der Waals surface area contributed by atoms with Crippen LogP contribution in [-0.2, 0) is 11.0 Å². The highest BCUT2D eigenvalue weighted by molar-refractivity contribution is 6.31. The van der Waals surface area contributed by atoms with Crippen molar-refractivity contribution in [2.45, 2.75) is 25.6 Å². The summed E-state index contributed by atoms with van der Waals surface area (Å²) >= 11 is 6.16. The summed E-state index contributed by atoms with van der Waals surface area (Å²) in [5, 5.41) is 11.5. The first-order chi connectivity index (χ1) is 21.0. The van der Waals surface area contributed by atoms with Crippen molar-refractivity contribution < 1.29 is 36.0 Å². The Morgan fingerprint density at radius 3 is 2.52 bits per heavy atom. The van der Waals surface area contributed by atoms with E-state index in [0.717, 1.165) is 33.6 Å². The van der Waals surface area contributed by atoms with Gasteiger partial charge in [-0.05, 0) is 42.8 Å². The Labute approximate surface area is 245 Å². The van der Waals surface area contributed by atoms with E-state index in [4.69, 9.17) is 20.5 Å². The van der Waals surface area contributed by atoms with Gasteiger partial charge in [-0.25, -0.2) is 9.07 Å². The van der Waals surface area contributed by atoms with E-state index in [1.165, 1.54) is 31.3 Å². The number of hydrogen-bond acceptors (Lipinski definition) is 6. The van der Waals surface area contributed by atoms with E-state index in [2.05, 4.69) is 20.9 Å². The third kappa shape index (κ3) is 6.12. The van der Waals surface area contributed by atoms with Crippen LogP contribution in [0.1, 0.15) is 39.6 Å². The van der Waals surface area contributed by atoms with E-state index in [-0.39, 0.29) is 39.5 Å². The molecule has 0 aliphatic rings. The molecule has 2 N–H and O–H groups in total. The number of nitrogens with zero attached hydrogens (tertiary/aromatic N) is 4. The van der Waals surface area contributed by atoms with E-state index in [1.807, 2.05) is 0 Å². The highest BCUT2D eigenvalue weighted by atomic mass is 35.5. The highest BCUT2D eigenvalue weighted by Gasteiger charge is 2.35. The minimum Gasteiger partial charge on any atom is -0.495 e. The molecule has 2 heterocycles. The second-order valence-electron chi connectivity index (χ2n) is 8.79. The summed E-state index contributed by atoms with van der Waals surface area (Å²) in [6, 6.07) is 6.90. The molecule has 42 heavy (non-hydrogen) atoms. The second-order valence-corrected chi connectivity index (χ2v) is 9.23. The molecule has 0 radical (unpaired) electrons. The van der Waals surface area contributed by atoms with Crippen molar-refractivity contribution in [3.05, 3.63) is 87.3 Å². The number of benzene rings is 2. The molecular formula is C27H23ClF4N6O4. The fourth-order valence-electron chi connectivity index (χ4n) is 4.14. The van der Waals surface area contributed by atoms with Crippen molar-refractivity contribution in [2.24, 2.45) is 0 Å². The Morgan fingerprint density at radius 1 is 1.14 bits per heavy atom. The van der Waals surface area contributed by atoms with Gasteiger partial charge >= 0.3 is 6.18 Å². The highest BCUT2D eigenvalue weighted by Crippen LogP contribution is 2.36. The molecule has 0 saturated heterocycles. The minimum atomic E-state index is -4.81. The number of carbonyl (C=O) groups is 2. The molecule has 1 atom stereocenters. The first-order valence-corrected chi connectivity index (χ1v) is 12.5. The Morgan fingerprint density at radius 2 is 1.90 bits per heavy atom. The molecule has 4 rings (SSSR count). The molecule has 0 fully saturated rings. The number of amides is 2. The van der Waals surface area contributed by atoms with Crippen molar-refractivity contribution >= 4 is 29.1 Å². The van der Waals surface area contributed by atoms with Gasteiger partial charge in [0.15, 0.2) is 5.69 Å². The third-order valence-corrected chi connectivity index (χ3v) is 6.40. The van der Waals surface area contributed by atoms with Crippen LogP contribution in [0.2, 0.25) is 5.02 Å². The predicted molar refractivity (Wildman–Crippen MR) is 145 cm³/mol. The van der Waals surface area contributed by atoms with Crippen LogP contribution in [0, 0.1) is 5.82 Å². The topological polar surface area (TPSA) is 120 Å². The number of rotatable bonds is 8. The molecule has 0 bridgehead atoms. The number of ether oxygens (including phenoxy) is 1. The van der Waals surface area contributed by atoms with E-state index >= 15 is 0 Å². The fraction of sp³-hybridized carbons (Fsp3) is 0.222. The number of halogens is 5. The van der Waals surface area contributed by atoms with Gasteiger partial charge < -0.3 is 15.4 Å². The zero-order valence-electron chi connectivity index (χ0n) is 24.8. The zero-order valence-corrected chi connectivity index (χ0v) is 22.5. The molecule has 15 heteroatoms. The van der Waals surface area contributed by atoms with E-state index in [9.17, 15) is 31.9 Å². The molecule has 220 valence electrons. The summed E-state index contributed by atoms with van der Waals surface area (Å²) < 4.78 is 83.9. The van der Waals surface area contributed by atoms with Gasteiger partial charge in [-0.3, -0.25) is 19.0 Å². The third-order valence-electron chi connectivity index (χ3n) is 6.17. The Bertz CT molecular complexity index is 1830. The Kier molecular flexibility index (Phi) is 7.50. The van der Waals surface area contributed by atoms with Gasteiger partial charge in [-0.1, -0.05) is 23.7 Å². The van der Waals surface area contributed by atoms with Crippen LogP contribution in [0.25, 0.3) is 16.8 Å². The molecule has 0 aliphatic carbocycles. The molecule has 0 unspecified atom stereocenters. The van der Waals surface area contributed by atoms with E-state index in [0.29, 0.717) is 6.20 Å². The summed E-state index contributed by atoms with van der Waals surface area (Å²) in [5.74, 6) is -2.83.